The van der Waals surface area contributed by atoms with Crippen molar-refractivity contribution >= 4 is 44.9 Å². The number of fused-ring (bicyclic) bond motifs is 3. The van der Waals surface area contributed by atoms with Crippen molar-refractivity contribution in [3.8, 4) is 0 Å². The minimum atomic E-state index is -2.65. The lowest BCUT2D eigenvalue weighted by Gasteiger charge is -2.11. The van der Waals surface area contributed by atoms with Gasteiger partial charge in [-0.15, -0.1) is 0 Å². The van der Waals surface area contributed by atoms with Crippen molar-refractivity contribution in [2.45, 2.75) is 13.8 Å². The second-order valence-corrected chi connectivity index (χ2v) is 5.66. The maximum absolute atomic E-state index is 12.8. The number of Topliss-reactive ketones (excluding diaryl/α,β-unsaturated/α-hetero) is 1. The fraction of sp³-hybridized carbons (Fsp3) is 0.214. The van der Waals surface area contributed by atoms with Crippen molar-refractivity contribution in [1.82, 2.24) is 14.0 Å². The van der Waals surface area contributed by atoms with Gasteiger partial charge in [0, 0.05) is 16.7 Å². The van der Waals surface area contributed by atoms with Crippen LogP contribution in [0.4, 0.5) is 0 Å². The third-order valence-electron chi connectivity index (χ3n) is 3.22. The molecule has 1 aromatic carbocycles. The molecule has 0 aliphatic rings. The van der Waals surface area contributed by atoms with Gasteiger partial charge < -0.3 is 0 Å². The van der Waals surface area contributed by atoms with Gasteiger partial charge in [-0.2, -0.15) is 0 Å². The average Bonchev–Trinajstić information content (AvgIpc) is 2.79. The van der Waals surface area contributed by atoms with Crippen LogP contribution in [0.2, 0.25) is 0 Å². The number of halogens is 1. The van der Waals surface area contributed by atoms with Gasteiger partial charge >= 0.3 is 0 Å². The molecule has 2 aromatic heterocycles. The van der Waals surface area contributed by atoms with Crippen LogP contribution in [0.3, 0.4) is 0 Å². The lowest BCUT2D eigenvalue weighted by atomic mass is 10.0. The highest BCUT2D eigenvalue weighted by Gasteiger charge is 2.17. The van der Waals surface area contributed by atoms with Crippen LogP contribution in [-0.4, -0.2) is 19.7 Å². The molecule has 0 saturated heterocycles. The van der Waals surface area contributed by atoms with E-state index < -0.39 is 12.5 Å². The van der Waals surface area contributed by atoms with Gasteiger partial charge in [-0.25, -0.2) is 4.98 Å². The Morgan fingerprint density at radius 2 is 2.20 bits per heavy atom. The molecule has 0 amide bonds. The largest absolute Gasteiger partial charge is 0.295 e. The molecule has 0 saturated carbocycles. The van der Waals surface area contributed by atoms with Gasteiger partial charge in [0.1, 0.15) is 10.0 Å². The molecular formula is C14H12IN3O2. The lowest BCUT2D eigenvalue weighted by Crippen LogP contribution is -2.21. The Hall–Kier alpha value is -1.70. The fourth-order valence-corrected chi connectivity index (χ4v) is 3.00. The van der Waals surface area contributed by atoms with Crippen molar-refractivity contribution in [2.75, 3.05) is 0 Å². The predicted molar refractivity (Wildman–Crippen MR) is 85.4 cm³/mol. The van der Waals surface area contributed by atoms with Gasteiger partial charge in [0.15, 0.2) is 11.4 Å². The summed E-state index contributed by atoms with van der Waals surface area (Å²) in [5, 5.41) is 0.188. The van der Waals surface area contributed by atoms with E-state index in [4.69, 9.17) is 4.11 Å². The summed E-state index contributed by atoms with van der Waals surface area (Å²) in [6.45, 7) is 0.525. The number of carbonyl (C=O) groups excluding carboxylic acids is 1. The van der Waals surface area contributed by atoms with Crippen LogP contribution < -0.4 is 5.56 Å². The molecule has 0 N–H and O–H groups in total. The Morgan fingerprint density at radius 1 is 1.45 bits per heavy atom. The van der Waals surface area contributed by atoms with Crippen LogP contribution in [0, 0.1) is 10.6 Å². The fourth-order valence-electron chi connectivity index (χ4n) is 2.37. The third-order valence-corrected chi connectivity index (χ3v) is 3.98. The van der Waals surface area contributed by atoms with Crippen LogP contribution in [-0.2, 0) is 6.98 Å². The van der Waals surface area contributed by atoms with E-state index in [0.717, 1.165) is 4.57 Å². The smallest absolute Gasteiger partial charge is 0.261 e. The molecule has 3 rings (SSSR count). The molecular weight excluding hydrogens is 369 g/mol. The van der Waals surface area contributed by atoms with Crippen LogP contribution >= 0.6 is 22.6 Å². The minimum Gasteiger partial charge on any atom is -0.295 e. The Morgan fingerprint density at radius 3 is 2.85 bits per heavy atom. The van der Waals surface area contributed by atoms with Gasteiger partial charge in [0.2, 0.25) is 0 Å². The first kappa shape index (κ1) is 10.1. The molecule has 5 nitrogen and oxygen atoms in total. The summed E-state index contributed by atoms with van der Waals surface area (Å²) in [5.74, 6) is -0.199. The van der Waals surface area contributed by atoms with Crippen molar-refractivity contribution in [3.63, 3.8) is 0 Å². The number of benzene rings is 1. The molecule has 0 spiro atoms. The molecule has 20 heavy (non-hydrogen) atoms. The number of aryl methyl sites for hydroxylation is 2. The summed E-state index contributed by atoms with van der Waals surface area (Å²) in [4.78, 5) is 28.9. The summed E-state index contributed by atoms with van der Waals surface area (Å²) >= 11 is 1.88. The number of ketones is 1. The number of nitrogens with zero attached hydrogens (tertiary/aromatic N) is 3. The Bertz CT molecular complexity index is 1030. The second-order valence-electron chi connectivity index (χ2n) is 4.63. The van der Waals surface area contributed by atoms with Crippen molar-refractivity contribution in [3.05, 3.63) is 43.6 Å². The molecule has 2 heterocycles. The Kier molecular flexibility index (Phi) is 2.22. The predicted octanol–water partition coefficient (Wildman–Crippen LogP) is 2.30. The normalized spacial score (nSPS) is 14.2. The zero-order valence-electron chi connectivity index (χ0n) is 13.8. The Balaban J connectivity index is 2.73. The molecule has 0 radical (unpaired) electrons. The SMILES string of the molecule is [2H]C([2H])([2H])n1c(=O)c2cc(C)cc(C(C)=O)c2n2cnc(I)c12. The van der Waals surface area contributed by atoms with Crippen molar-refractivity contribution in [1.29, 1.82) is 0 Å². The van der Waals surface area contributed by atoms with Crippen LogP contribution in [0.25, 0.3) is 16.6 Å². The number of aromatic nitrogens is 3. The summed E-state index contributed by atoms with van der Waals surface area (Å²) in [6.07, 6.45) is 1.43. The van der Waals surface area contributed by atoms with Crippen LogP contribution in [0.5, 0.6) is 0 Å². The summed E-state index contributed by atoms with van der Waals surface area (Å²) in [7, 11) is 0. The van der Waals surface area contributed by atoms with E-state index in [9.17, 15) is 9.59 Å². The quantitative estimate of drug-likeness (QED) is 0.478. The Labute approximate surface area is 132 Å². The van der Waals surface area contributed by atoms with E-state index in [1.165, 1.54) is 17.7 Å². The molecule has 0 atom stereocenters. The molecule has 102 valence electrons. The minimum absolute atomic E-state index is 0.162. The van der Waals surface area contributed by atoms with E-state index >= 15 is 0 Å². The van der Waals surface area contributed by atoms with E-state index in [2.05, 4.69) is 4.98 Å². The number of hydrogen-bond donors (Lipinski definition) is 0. The summed E-state index contributed by atoms with van der Waals surface area (Å²) in [5.41, 5.74) is 0.977. The van der Waals surface area contributed by atoms with Crippen LogP contribution in [0.1, 0.15) is 27.0 Å². The van der Waals surface area contributed by atoms with E-state index in [1.807, 2.05) is 22.6 Å². The third kappa shape index (κ3) is 1.71. The topological polar surface area (TPSA) is 56.4 Å². The molecule has 0 bridgehead atoms. The van der Waals surface area contributed by atoms with Gasteiger partial charge in [0.25, 0.3) is 5.56 Å². The molecule has 0 aliphatic heterocycles. The lowest BCUT2D eigenvalue weighted by molar-refractivity contribution is 0.101. The first-order valence-electron chi connectivity index (χ1n) is 7.36. The second kappa shape index (κ2) is 4.41. The first-order valence-corrected chi connectivity index (χ1v) is 6.94. The van der Waals surface area contributed by atoms with Gasteiger partial charge in [0.05, 0.1) is 10.9 Å². The maximum Gasteiger partial charge on any atom is 0.261 e. The molecule has 0 fully saturated rings. The first-order chi connectivity index (χ1) is 10.6. The summed E-state index contributed by atoms with van der Waals surface area (Å²) < 4.78 is 25.7. The molecule has 6 heteroatoms. The van der Waals surface area contributed by atoms with Crippen molar-refractivity contribution < 1.29 is 8.91 Å². The maximum atomic E-state index is 12.8. The number of imidazole rings is 1. The average molecular weight is 384 g/mol. The van der Waals surface area contributed by atoms with E-state index in [-0.39, 0.29) is 16.8 Å². The van der Waals surface area contributed by atoms with E-state index in [1.54, 1.807) is 19.1 Å². The zero-order valence-corrected chi connectivity index (χ0v) is 12.9. The van der Waals surface area contributed by atoms with Crippen molar-refractivity contribution in [2.24, 2.45) is 6.98 Å². The number of carbonyl (C=O) groups is 1. The monoisotopic (exact) mass is 384 g/mol. The zero-order chi connectivity index (χ0) is 17.1. The van der Waals surface area contributed by atoms with Crippen LogP contribution in [0.15, 0.2) is 23.3 Å². The van der Waals surface area contributed by atoms with Gasteiger partial charge in [-0.3, -0.25) is 18.6 Å². The summed E-state index contributed by atoms with van der Waals surface area (Å²) in [6, 6.07) is 3.29. The van der Waals surface area contributed by atoms with E-state index in [0.29, 0.717) is 20.3 Å². The molecule has 0 unspecified atom stereocenters. The standard InChI is InChI=1S/C14H12IN3O2/c1-7-4-9(8(2)19)11-10(5-7)14(20)17(3)13-12(15)16-6-18(11)13/h4-6H,1-3H3/i3D3. The number of rotatable bonds is 1. The molecule has 0 aliphatic carbocycles. The highest BCUT2D eigenvalue weighted by Crippen LogP contribution is 2.22. The highest BCUT2D eigenvalue weighted by atomic mass is 127. The van der Waals surface area contributed by atoms with Gasteiger partial charge in [-0.05, 0) is 54.1 Å². The van der Waals surface area contributed by atoms with Gasteiger partial charge in [-0.1, -0.05) is 0 Å². The molecule has 3 aromatic rings. The number of hydrogen-bond acceptors (Lipinski definition) is 3. The highest BCUT2D eigenvalue weighted by molar-refractivity contribution is 14.1.